The van der Waals surface area contributed by atoms with Crippen LogP contribution in [0.1, 0.15) is 0 Å². The number of carboxylic acids is 1. The van der Waals surface area contributed by atoms with Gasteiger partial charge in [0.1, 0.15) is 24.4 Å². The van der Waals surface area contributed by atoms with E-state index in [0.29, 0.717) is 0 Å². The SMILES string of the molecule is CN[C@H](C(=O)O)[C@H](O)[C@@H](O)[C@@H](O)CO. The average Bonchev–Trinajstić information content (AvgIpc) is 2.15. The molecule has 0 aliphatic heterocycles. The Morgan fingerprint density at radius 1 is 1.29 bits per heavy atom. The Balaban J connectivity index is 4.41. The summed E-state index contributed by atoms with van der Waals surface area (Å²) >= 11 is 0. The molecular weight excluding hydrogens is 194 g/mol. The molecule has 14 heavy (non-hydrogen) atoms. The van der Waals surface area contributed by atoms with Crippen molar-refractivity contribution in [1.82, 2.24) is 5.32 Å². The van der Waals surface area contributed by atoms with Crippen LogP contribution in [0.2, 0.25) is 0 Å². The largest absolute Gasteiger partial charge is 0.480 e. The zero-order valence-corrected chi connectivity index (χ0v) is 7.66. The van der Waals surface area contributed by atoms with E-state index in [-0.39, 0.29) is 0 Å². The Labute approximate surface area is 80.6 Å². The van der Waals surface area contributed by atoms with Crippen LogP contribution in [0.25, 0.3) is 0 Å². The number of nitrogens with one attached hydrogen (secondary N) is 1. The molecule has 0 aromatic rings. The Morgan fingerprint density at radius 2 is 1.79 bits per heavy atom. The van der Waals surface area contributed by atoms with Crippen LogP contribution in [-0.4, -0.2) is 69.5 Å². The highest BCUT2D eigenvalue weighted by Gasteiger charge is 2.34. The lowest BCUT2D eigenvalue weighted by molar-refractivity contribution is -0.148. The number of likely N-dealkylation sites (N-methyl/N-ethyl adjacent to an activating group) is 1. The minimum atomic E-state index is -1.71. The van der Waals surface area contributed by atoms with Crippen molar-refractivity contribution in [2.24, 2.45) is 0 Å². The predicted molar refractivity (Wildman–Crippen MR) is 45.6 cm³/mol. The molecule has 0 spiro atoms. The van der Waals surface area contributed by atoms with Gasteiger partial charge in [-0.25, -0.2) is 0 Å². The molecule has 0 fully saturated rings. The molecule has 7 heteroatoms. The van der Waals surface area contributed by atoms with Gasteiger partial charge in [0.2, 0.25) is 0 Å². The van der Waals surface area contributed by atoms with Crippen LogP contribution < -0.4 is 5.32 Å². The smallest absolute Gasteiger partial charge is 0.323 e. The number of aliphatic carboxylic acids is 1. The topological polar surface area (TPSA) is 130 Å². The molecule has 0 aromatic carbocycles. The zero-order chi connectivity index (χ0) is 11.3. The van der Waals surface area contributed by atoms with Crippen LogP contribution in [0, 0.1) is 0 Å². The number of aliphatic hydroxyl groups is 4. The third-order valence-electron chi connectivity index (χ3n) is 1.85. The quantitative estimate of drug-likeness (QED) is 0.270. The fourth-order valence-electron chi connectivity index (χ4n) is 0.973. The maximum absolute atomic E-state index is 10.5. The minimum Gasteiger partial charge on any atom is -0.480 e. The second kappa shape index (κ2) is 5.89. The van der Waals surface area contributed by atoms with Crippen molar-refractivity contribution < 1.29 is 30.3 Å². The first-order chi connectivity index (χ1) is 6.45. The van der Waals surface area contributed by atoms with Gasteiger partial charge >= 0.3 is 5.97 Å². The third-order valence-corrected chi connectivity index (χ3v) is 1.85. The summed E-state index contributed by atoms with van der Waals surface area (Å²) in [6.07, 6.45) is -4.98. The van der Waals surface area contributed by atoms with Gasteiger partial charge in [-0.3, -0.25) is 4.79 Å². The van der Waals surface area contributed by atoms with Crippen molar-refractivity contribution in [1.29, 1.82) is 0 Å². The maximum atomic E-state index is 10.5. The molecule has 0 aromatic heterocycles. The Morgan fingerprint density at radius 3 is 2.07 bits per heavy atom. The highest BCUT2D eigenvalue weighted by molar-refractivity contribution is 5.74. The lowest BCUT2D eigenvalue weighted by Gasteiger charge is -2.25. The third kappa shape index (κ3) is 3.20. The second-order valence-electron chi connectivity index (χ2n) is 2.84. The molecule has 7 nitrogen and oxygen atoms in total. The van der Waals surface area contributed by atoms with Gasteiger partial charge in [-0.1, -0.05) is 0 Å². The van der Waals surface area contributed by atoms with E-state index in [2.05, 4.69) is 5.32 Å². The van der Waals surface area contributed by atoms with Gasteiger partial charge in [-0.15, -0.1) is 0 Å². The maximum Gasteiger partial charge on any atom is 0.323 e. The highest BCUT2D eigenvalue weighted by Crippen LogP contribution is 2.04. The van der Waals surface area contributed by atoms with Crippen molar-refractivity contribution >= 4 is 5.97 Å². The molecule has 0 aliphatic carbocycles. The summed E-state index contributed by atoms with van der Waals surface area (Å²) in [6, 6.07) is -1.40. The van der Waals surface area contributed by atoms with Crippen LogP contribution in [0.4, 0.5) is 0 Å². The normalized spacial score (nSPS) is 19.8. The van der Waals surface area contributed by atoms with E-state index in [9.17, 15) is 15.0 Å². The molecule has 0 amide bonds. The van der Waals surface area contributed by atoms with Gasteiger partial charge in [-0.05, 0) is 7.05 Å². The van der Waals surface area contributed by atoms with E-state index in [4.69, 9.17) is 15.3 Å². The van der Waals surface area contributed by atoms with Crippen LogP contribution in [0.3, 0.4) is 0 Å². The van der Waals surface area contributed by atoms with Crippen LogP contribution >= 0.6 is 0 Å². The first-order valence-corrected chi connectivity index (χ1v) is 4.00. The van der Waals surface area contributed by atoms with Gasteiger partial charge in [0, 0.05) is 0 Å². The van der Waals surface area contributed by atoms with Crippen LogP contribution in [0.15, 0.2) is 0 Å². The molecule has 0 heterocycles. The summed E-state index contributed by atoms with van der Waals surface area (Å²) in [7, 11) is 1.29. The summed E-state index contributed by atoms with van der Waals surface area (Å²) < 4.78 is 0. The highest BCUT2D eigenvalue weighted by atomic mass is 16.4. The van der Waals surface area contributed by atoms with Crippen molar-refractivity contribution in [3.63, 3.8) is 0 Å². The number of aliphatic hydroxyl groups excluding tert-OH is 4. The molecule has 84 valence electrons. The van der Waals surface area contributed by atoms with Crippen molar-refractivity contribution in [3.8, 4) is 0 Å². The van der Waals surface area contributed by atoms with Crippen LogP contribution in [-0.2, 0) is 4.79 Å². The van der Waals surface area contributed by atoms with Gasteiger partial charge in [0.15, 0.2) is 0 Å². The Kier molecular flexibility index (Phi) is 5.58. The molecular formula is C7H15NO6. The molecule has 0 aliphatic rings. The lowest BCUT2D eigenvalue weighted by Crippen LogP contribution is -2.53. The number of hydrogen-bond acceptors (Lipinski definition) is 6. The summed E-state index contributed by atoms with van der Waals surface area (Å²) in [6.45, 7) is -0.756. The first kappa shape index (κ1) is 13.3. The molecule has 0 radical (unpaired) electrons. The second-order valence-corrected chi connectivity index (χ2v) is 2.84. The fourth-order valence-corrected chi connectivity index (χ4v) is 0.973. The van der Waals surface area contributed by atoms with E-state index in [0.717, 1.165) is 0 Å². The van der Waals surface area contributed by atoms with Gasteiger partial charge < -0.3 is 30.8 Å². The monoisotopic (exact) mass is 209 g/mol. The number of hydrogen-bond donors (Lipinski definition) is 6. The zero-order valence-electron chi connectivity index (χ0n) is 7.66. The molecule has 0 bridgehead atoms. The van der Waals surface area contributed by atoms with Crippen molar-refractivity contribution in [2.75, 3.05) is 13.7 Å². The lowest BCUT2D eigenvalue weighted by atomic mass is 10.0. The molecule has 0 saturated heterocycles. The van der Waals surface area contributed by atoms with Gasteiger partial charge in [-0.2, -0.15) is 0 Å². The van der Waals surface area contributed by atoms with Gasteiger partial charge in [0.05, 0.1) is 6.61 Å². The van der Waals surface area contributed by atoms with Crippen LogP contribution in [0.5, 0.6) is 0 Å². The molecule has 0 unspecified atom stereocenters. The van der Waals surface area contributed by atoms with Gasteiger partial charge in [0.25, 0.3) is 0 Å². The molecule has 6 N–H and O–H groups in total. The van der Waals surface area contributed by atoms with Crippen molar-refractivity contribution in [3.05, 3.63) is 0 Å². The summed E-state index contributed by atoms with van der Waals surface area (Å²) in [5.41, 5.74) is 0. The first-order valence-electron chi connectivity index (χ1n) is 4.00. The van der Waals surface area contributed by atoms with E-state index < -0.39 is 36.9 Å². The Hall–Kier alpha value is -0.730. The fraction of sp³-hybridized carbons (Fsp3) is 0.857. The minimum absolute atomic E-state index is 0.756. The predicted octanol–water partition coefficient (Wildman–Crippen LogP) is -3.27. The molecule has 0 saturated carbocycles. The molecule has 4 atom stereocenters. The van der Waals surface area contributed by atoms with E-state index in [1.165, 1.54) is 7.05 Å². The number of carboxylic acid groups (broad SMARTS) is 1. The molecule has 0 rings (SSSR count). The summed E-state index contributed by atoms with van der Waals surface area (Å²) in [4.78, 5) is 10.5. The number of carbonyl (C=O) groups is 1. The van der Waals surface area contributed by atoms with E-state index in [1.807, 2.05) is 0 Å². The van der Waals surface area contributed by atoms with E-state index >= 15 is 0 Å². The van der Waals surface area contributed by atoms with E-state index in [1.54, 1.807) is 0 Å². The standard InChI is InChI=1S/C7H15NO6/c1-8-4(7(13)14)6(12)5(11)3(10)2-9/h3-6,8-12H,2H2,1H3,(H,13,14)/t3-,4-,5-,6-/m0/s1. The average molecular weight is 209 g/mol. The number of rotatable bonds is 6. The summed E-state index contributed by atoms with van der Waals surface area (Å²) in [5.74, 6) is -1.36. The Bertz CT molecular complexity index is 187. The van der Waals surface area contributed by atoms with Crippen molar-refractivity contribution in [2.45, 2.75) is 24.4 Å². The summed E-state index contributed by atoms with van der Waals surface area (Å²) in [5, 5.41) is 46.7.